The molecule has 3 N–H and O–H groups in total. The fraction of sp³-hybridized carbons (Fsp3) is 0.273. The van der Waals surface area contributed by atoms with Crippen LogP contribution in [0.5, 0.6) is 0 Å². The van der Waals surface area contributed by atoms with Gasteiger partial charge in [-0.2, -0.15) is 5.10 Å². The zero-order valence-electron chi connectivity index (χ0n) is 17.4. The molecule has 0 radical (unpaired) electrons. The quantitative estimate of drug-likeness (QED) is 0.373. The molecule has 2 saturated heterocycles. The van der Waals surface area contributed by atoms with Gasteiger partial charge in [-0.05, 0) is 24.3 Å². The van der Waals surface area contributed by atoms with E-state index in [0.29, 0.717) is 24.1 Å². The zero-order chi connectivity index (χ0) is 22.4. The Balaban J connectivity index is 1.21. The maximum atomic E-state index is 11.9. The third-order valence-corrected chi connectivity index (χ3v) is 7.27. The van der Waals surface area contributed by atoms with Gasteiger partial charge in [0.15, 0.2) is 10.9 Å². The van der Waals surface area contributed by atoms with Crippen molar-refractivity contribution in [1.82, 2.24) is 30.4 Å². The third-order valence-electron chi connectivity index (χ3n) is 6.03. The molecular weight excluding hydrogens is 462 g/mol. The van der Waals surface area contributed by atoms with Gasteiger partial charge in [0.2, 0.25) is 0 Å². The fourth-order valence-corrected chi connectivity index (χ4v) is 5.47. The van der Waals surface area contributed by atoms with E-state index in [-0.39, 0.29) is 18.1 Å². The second-order valence-corrected chi connectivity index (χ2v) is 9.58. The van der Waals surface area contributed by atoms with Crippen LogP contribution in [0.1, 0.15) is 4.88 Å². The number of pyridine rings is 1. The Bertz CT molecular complexity index is 1340. The van der Waals surface area contributed by atoms with Crippen molar-refractivity contribution in [3.8, 4) is 11.3 Å². The van der Waals surface area contributed by atoms with E-state index in [1.54, 1.807) is 17.5 Å². The standard InChI is InChI=1S/C22H20ClN7O2S/c23-16-2-1-5-25-19(16)12-3-4-17-15(6-12)20(29-28-17)27-22-26-9-14(33-22)7-13-8-24-10-18-21(31)32-11-30(13)18/h1-6,9,13,18,24H,7-8,10-11H2,(H2,26,27,28,29). The van der Waals surface area contributed by atoms with E-state index >= 15 is 0 Å². The van der Waals surface area contributed by atoms with Crippen molar-refractivity contribution in [3.05, 3.63) is 52.6 Å². The van der Waals surface area contributed by atoms with Gasteiger partial charge in [0.1, 0.15) is 12.8 Å². The summed E-state index contributed by atoms with van der Waals surface area (Å²) in [5.41, 5.74) is 2.55. The van der Waals surface area contributed by atoms with Crippen molar-refractivity contribution in [2.75, 3.05) is 25.1 Å². The molecule has 2 aliphatic heterocycles. The molecule has 3 aromatic heterocycles. The molecule has 0 bridgehead atoms. The number of nitrogens with zero attached hydrogens (tertiary/aromatic N) is 4. The number of nitrogens with one attached hydrogen (secondary N) is 3. The number of benzene rings is 1. The normalized spacial score (nSPS) is 20.7. The lowest BCUT2D eigenvalue weighted by Crippen LogP contribution is -2.56. The van der Waals surface area contributed by atoms with Gasteiger partial charge in [0.25, 0.3) is 0 Å². The second kappa shape index (κ2) is 8.38. The molecule has 4 aromatic rings. The molecule has 1 aromatic carbocycles. The average molecular weight is 482 g/mol. The number of aromatic nitrogens is 4. The first kappa shape index (κ1) is 20.5. The minimum Gasteiger partial charge on any atom is -0.448 e. The summed E-state index contributed by atoms with van der Waals surface area (Å²) in [5, 5.41) is 16.4. The maximum Gasteiger partial charge on any atom is 0.326 e. The number of hydrogen-bond donors (Lipinski definition) is 3. The van der Waals surface area contributed by atoms with Crippen LogP contribution in [0.2, 0.25) is 5.02 Å². The molecule has 0 aliphatic carbocycles. The number of hydrogen-bond acceptors (Lipinski definition) is 9. The molecule has 6 rings (SSSR count). The number of esters is 1. The van der Waals surface area contributed by atoms with Crippen molar-refractivity contribution in [2.45, 2.75) is 18.5 Å². The van der Waals surface area contributed by atoms with Crippen molar-refractivity contribution >= 4 is 50.8 Å². The summed E-state index contributed by atoms with van der Waals surface area (Å²) in [7, 11) is 0. The van der Waals surface area contributed by atoms with Gasteiger partial charge < -0.3 is 15.4 Å². The summed E-state index contributed by atoms with van der Waals surface area (Å²) in [6.07, 6.45) is 4.40. The highest BCUT2D eigenvalue weighted by Crippen LogP contribution is 2.32. The van der Waals surface area contributed by atoms with Crippen LogP contribution in [-0.4, -0.2) is 62.9 Å². The van der Waals surface area contributed by atoms with Crippen molar-refractivity contribution < 1.29 is 9.53 Å². The van der Waals surface area contributed by atoms with E-state index < -0.39 is 0 Å². The number of carbonyl (C=O) groups excluding carboxylic acids is 1. The minimum absolute atomic E-state index is 0.143. The number of ether oxygens (including phenoxy) is 1. The van der Waals surface area contributed by atoms with E-state index in [4.69, 9.17) is 16.3 Å². The van der Waals surface area contributed by atoms with Crippen LogP contribution >= 0.6 is 22.9 Å². The Morgan fingerprint density at radius 3 is 3.12 bits per heavy atom. The lowest BCUT2D eigenvalue weighted by molar-refractivity contribution is -0.139. The fourth-order valence-electron chi connectivity index (χ4n) is 4.36. The number of H-pyrrole nitrogens is 1. The summed E-state index contributed by atoms with van der Waals surface area (Å²) in [4.78, 5) is 24.1. The molecule has 2 atom stereocenters. The first-order chi connectivity index (χ1) is 16.2. The minimum atomic E-state index is -0.188. The molecule has 0 amide bonds. The number of fused-ring (bicyclic) bond motifs is 2. The Morgan fingerprint density at radius 1 is 1.27 bits per heavy atom. The Hall–Kier alpha value is -3.05. The van der Waals surface area contributed by atoms with Gasteiger partial charge >= 0.3 is 5.97 Å². The lowest BCUT2D eigenvalue weighted by Gasteiger charge is -2.34. The van der Waals surface area contributed by atoms with E-state index in [1.807, 2.05) is 36.5 Å². The molecule has 0 saturated carbocycles. The molecule has 2 aliphatic rings. The van der Waals surface area contributed by atoms with Crippen molar-refractivity contribution in [1.29, 1.82) is 0 Å². The van der Waals surface area contributed by atoms with Crippen LogP contribution in [0.25, 0.3) is 22.2 Å². The van der Waals surface area contributed by atoms with Gasteiger partial charge in [0, 0.05) is 53.8 Å². The monoisotopic (exact) mass is 481 g/mol. The van der Waals surface area contributed by atoms with Crippen LogP contribution in [0.15, 0.2) is 42.7 Å². The van der Waals surface area contributed by atoms with Crippen LogP contribution in [0, 0.1) is 0 Å². The van der Waals surface area contributed by atoms with Crippen LogP contribution < -0.4 is 10.6 Å². The highest BCUT2D eigenvalue weighted by atomic mass is 35.5. The molecule has 11 heteroatoms. The van der Waals surface area contributed by atoms with Crippen LogP contribution in [0.4, 0.5) is 10.9 Å². The van der Waals surface area contributed by atoms with Crippen molar-refractivity contribution in [2.24, 2.45) is 0 Å². The summed E-state index contributed by atoms with van der Waals surface area (Å²) in [5.74, 6) is 0.549. The molecular formula is C22H20ClN7O2S. The summed E-state index contributed by atoms with van der Waals surface area (Å²) in [6, 6.07) is 9.60. The number of aromatic amines is 1. The largest absolute Gasteiger partial charge is 0.448 e. The second-order valence-electron chi connectivity index (χ2n) is 8.06. The number of cyclic esters (lactones) is 1. The highest BCUT2D eigenvalue weighted by Gasteiger charge is 2.41. The van der Waals surface area contributed by atoms with Gasteiger partial charge in [-0.15, -0.1) is 11.3 Å². The Morgan fingerprint density at radius 2 is 2.21 bits per heavy atom. The number of anilines is 2. The predicted molar refractivity (Wildman–Crippen MR) is 127 cm³/mol. The number of carbonyl (C=O) groups is 1. The summed E-state index contributed by atoms with van der Waals surface area (Å²) >= 11 is 7.92. The van der Waals surface area contributed by atoms with E-state index in [9.17, 15) is 4.79 Å². The predicted octanol–water partition coefficient (Wildman–Crippen LogP) is 3.18. The lowest BCUT2D eigenvalue weighted by atomic mass is 10.1. The number of piperazine rings is 1. The summed E-state index contributed by atoms with van der Waals surface area (Å²) in [6.45, 7) is 1.82. The van der Waals surface area contributed by atoms with Gasteiger partial charge in [-0.3, -0.25) is 19.8 Å². The molecule has 2 unspecified atom stereocenters. The smallest absolute Gasteiger partial charge is 0.326 e. The van der Waals surface area contributed by atoms with E-state index in [1.165, 1.54) is 0 Å². The van der Waals surface area contributed by atoms with E-state index in [0.717, 1.165) is 45.1 Å². The first-order valence-corrected chi connectivity index (χ1v) is 11.8. The molecule has 0 spiro atoms. The number of halogens is 1. The summed E-state index contributed by atoms with van der Waals surface area (Å²) < 4.78 is 5.23. The molecule has 33 heavy (non-hydrogen) atoms. The number of thiazole rings is 1. The van der Waals surface area contributed by atoms with Crippen LogP contribution in [0.3, 0.4) is 0 Å². The molecule has 5 heterocycles. The molecule has 9 nitrogen and oxygen atoms in total. The SMILES string of the molecule is O=C1OCN2C(Cc3cnc(Nc4n[nH]c5ccc(-c6ncccc6Cl)cc45)s3)CNCC12. The van der Waals surface area contributed by atoms with Gasteiger partial charge in [-0.1, -0.05) is 17.7 Å². The topological polar surface area (TPSA) is 108 Å². The molecule has 2 fully saturated rings. The third kappa shape index (κ3) is 3.84. The Labute approximate surface area is 198 Å². The van der Waals surface area contributed by atoms with Gasteiger partial charge in [-0.25, -0.2) is 4.98 Å². The molecule has 168 valence electrons. The number of rotatable bonds is 5. The van der Waals surface area contributed by atoms with Gasteiger partial charge in [0.05, 0.1) is 16.2 Å². The zero-order valence-corrected chi connectivity index (χ0v) is 19.0. The van der Waals surface area contributed by atoms with Crippen LogP contribution in [-0.2, 0) is 16.0 Å². The maximum absolute atomic E-state index is 11.9. The highest BCUT2D eigenvalue weighted by molar-refractivity contribution is 7.15. The van der Waals surface area contributed by atoms with E-state index in [2.05, 4.69) is 35.7 Å². The average Bonchev–Trinajstić information content (AvgIpc) is 3.54. The Kier molecular flexibility index (Phi) is 5.22. The van der Waals surface area contributed by atoms with Crippen molar-refractivity contribution in [3.63, 3.8) is 0 Å². The first-order valence-electron chi connectivity index (χ1n) is 10.6.